The van der Waals surface area contributed by atoms with Gasteiger partial charge in [-0.25, -0.2) is 0 Å². The fraction of sp³-hybridized carbons (Fsp3) is 0.348. The van der Waals surface area contributed by atoms with Crippen LogP contribution in [0.25, 0.3) is 22.1 Å². The number of ether oxygens (including phenoxy) is 2. The number of rotatable bonds is 6. The summed E-state index contributed by atoms with van der Waals surface area (Å²) in [5.41, 5.74) is 3.08. The molecule has 0 fully saturated rings. The van der Waals surface area contributed by atoms with Crippen molar-refractivity contribution in [3.05, 3.63) is 64.0 Å². The first-order valence-corrected chi connectivity index (χ1v) is 9.76. The van der Waals surface area contributed by atoms with Gasteiger partial charge in [-0.05, 0) is 38.0 Å². The third kappa shape index (κ3) is 3.55. The quantitative estimate of drug-likeness (QED) is 0.596. The van der Waals surface area contributed by atoms with Crippen LogP contribution in [-0.2, 0) is 11.3 Å². The number of fused-ring (bicyclic) bond motifs is 3. The molecule has 0 atom stereocenters. The van der Waals surface area contributed by atoms with E-state index >= 15 is 0 Å². The van der Waals surface area contributed by atoms with Crippen LogP contribution in [0.4, 0.5) is 0 Å². The Morgan fingerprint density at radius 2 is 1.96 bits per heavy atom. The van der Waals surface area contributed by atoms with Gasteiger partial charge in [0.25, 0.3) is 0 Å². The van der Waals surface area contributed by atoms with Crippen LogP contribution in [0, 0.1) is 6.92 Å². The Labute approximate surface area is 164 Å². The third-order valence-electron chi connectivity index (χ3n) is 5.11. The lowest BCUT2D eigenvalue weighted by molar-refractivity contribution is 0.0772. The zero-order valence-electron chi connectivity index (χ0n) is 16.4. The van der Waals surface area contributed by atoms with Crippen molar-refractivity contribution in [2.45, 2.75) is 26.8 Å². The van der Waals surface area contributed by atoms with Crippen LogP contribution in [0.15, 0.2) is 51.7 Å². The molecule has 0 bridgehead atoms. The number of nitrogens with zero attached hydrogens (tertiary/aromatic N) is 1. The molecule has 5 heteroatoms. The Balaban J connectivity index is 1.71. The third-order valence-corrected chi connectivity index (χ3v) is 5.11. The average Bonchev–Trinajstić information content (AvgIpc) is 2.72. The summed E-state index contributed by atoms with van der Waals surface area (Å²) in [4.78, 5) is 15.4. The largest absolute Gasteiger partial charge is 0.478 e. The molecule has 0 radical (unpaired) electrons. The van der Waals surface area contributed by atoms with Gasteiger partial charge in [-0.15, -0.1) is 0 Å². The SMILES string of the molecule is CCOCCCN1COc2ccc3c(=O)c(-c4ccccc4)c(C)oc3c2C1. The highest BCUT2D eigenvalue weighted by Gasteiger charge is 2.23. The van der Waals surface area contributed by atoms with E-state index in [1.807, 2.05) is 56.3 Å². The van der Waals surface area contributed by atoms with E-state index in [0.717, 1.165) is 43.1 Å². The van der Waals surface area contributed by atoms with Gasteiger partial charge in [0.1, 0.15) is 23.8 Å². The maximum absolute atomic E-state index is 13.2. The smallest absolute Gasteiger partial charge is 0.200 e. The summed E-state index contributed by atoms with van der Waals surface area (Å²) in [5.74, 6) is 1.43. The molecule has 0 amide bonds. The zero-order chi connectivity index (χ0) is 19.5. The summed E-state index contributed by atoms with van der Waals surface area (Å²) in [6, 6.07) is 13.4. The molecule has 0 aliphatic carbocycles. The fourth-order valence-corrected chi connectivity index (χ4v) is 3.74. The molecule has 0 saturated carbocycles. The Kier molecular flexibility index (Phi) is 5.46. The average molecular weight is 379 g/mol. The van der Waals surface area contributed by atoms with Crippen LogP contribution in [0.1, 0.15) is 24.7 Å². The second kappa shape index (κ2) is 8.17. The zero-order valence-corrected chi connectivity index (χ0v) is 16.4. The van der Waals surface area contributed by atoms with Crippen LogP contribution in [-0.4, -0.2) is 31.4 Å². The minimum Gasteiger partial charge on any atom is -0.478 e. The Bertz CT molecular complexity index is 1030. The van der Waals surface area contributed by atoms with Crippen molar-refractivity contribution in [3.63, 3.8) is 0 Å². The first kappa shape index (κ1) is 18.7. The Morgan fingerprint density at radius 3 is 2.75 bits per heavy atom. The summed E-state index contributed by atoms with van der Waals surface area (Å²) >= 11 is 0. The molecule has 1 aliphatic heterocycles. The van der Waals surface area contributed by atoms with E-state index in [1.165, 1.54) is 0 Å². The molecule has 0 saturated heterocycles. The second-order valence-corrected chi connectivity index (χ2v) is 7.02. The van der Waals surface area contributed by atoms with Crippen molar-refractivity contribution in [2.75, 3.05) is 26.5 Å². The van der Waals surface area contributed by atoms with E-state index in [1.54, 1.807) is 0 Å². The molecule has 3 aromatic rings. The standard InChI is InChI=1S/C23H25NO4/c1-3-26-13-7-12-24-14-19-20(27-15-24)11-10-18-22(25)21(16(2)28-23(18)19)17-8-5-4-6-9-17/h4-6,8-11H,3,7,12-15H2,1-2H3. The lowest BCUT2D eigenvalue weighted by atomic mass is 10.0. The molecule has 2 heterocycles. The van der Waals surface area contributed by atoms with E-state index < -0.39 is 0 Å². The van der Waals surface area contributed by atoms with Gasteiger partial charge in [-0.1, -0.05) is 30.3 Å². The van der Waals surface area contributed by atoms with Crippen molar-refractivity contribution in [1.82, 2.24) is 4.90 Å². The first-order chi connectivity index (χ1) is 13.7. The summed E-state index contributed by atoms with van der Waals surface area (Å²) in [5, 5.41) is 0.600. The van der Waals surface area contributed by atoms with Crippen molar-refractivity contribution in [3.8, 4) is 16.9 Å². The van der Waals surface area contributed by atoms with Crippen molar-refractivity contribution < 1.29 is 13.9 Å². The number of hydrogen-bond acceptors (Lipinski definition) is 5. The summed E-state index contributed by atoms with van der Waals surface area (Å²) in [6.07, 6.45) is 0.943. The molecule has 5 nitrogen and oxygen atoms in total. The van der Waals surface area contributed by atoms with E-state index in [-0.39, 0.29) is 5.43 Å². The van der Waals surface area contributed by atoms with Gasteiger partial charge >= 0.3 is 0 Å². The Morgan fingerprint density at radius 1 is 1.14 bits per heavy atom. The molecular formula is C23H25NO4. The van der Waals surface area contributed by atoms with Gasteiger partial charge in [-0.3, -0.25) is 9.69 Å². The predicted molar refractivity (Wildman–Crippen MR) is 110 cm³/mol. The van der Waals surface area contributed by atoms with Crippen molar-refractivity contribution >= 4 is 11.0 Å². The molecule has 2 aromatic carbocycles. The summed E-state index contributed by atoms with van der Waals surface area (Å²) in [6.45, 7) is 7.44. The maximum atomic E-state index is 13.2. The monoisotopic (exact) mass is 379 g/mol. The van der Waals surface area contributed by atoms with Crippen molar-refractivity contribution in [1.29, 1.82) is 0 Å². The molecule has 28 heavy (non-hydrogen) atoms. The van der Waals surface area contributed by atoms with Crippen LogP contribution >= 0.6 is 0 Å². The maximum Gasteiger partial charge on any atom is 0.200 e. The van der Waals surface area contributed by atoms with Gasteiger partial charge in [-0.2, -0.15) is 0 Å². The highest BCUT2D eigenvalue weighted by Crippen LogP contribution is 2.33. The van der Waals surface area contributed by atoms with Crippen molar-refractivity contribution in [2.24, 2.45) is 0 Å². The number of aryl methyl sites for hydroxylation is 1. The van der Waals surface area contributed by atoms with E-state index in [0.29, 0.717) is 35.6 Å². The van der Waals surface area contributed by atoms with E-state index in [2.05, 4.69) is 4.90 Å². The summed E-state index contributed by atoms with van der Waals surface area (Å²) in [7, 11) is 0. The first-order valence-electron chi connectivity index (χ1n) is 9.76. The topological polar surface area (TPSA) is 51.9 Å². The molecule has 146 valence electrons. The van der Waals surface area contributed by atoms with Crippen LogP contribution in [0.2, 0.25) is 0 Å². The number of benzene rings is 2. The summed E-state index contributed by atoms with van der Waals surface area (Å²) < 4.78 is 17.5. The lowest BCUT2D eigenvalue weighted by Gasteiger charge is -2.29. The van der Waals surface area contributed by atoms with Gasteiger partial charge in [0, 0.05) is 26.3 Å². The molecular weight excluding hydrogens is 354 g/mol. The van der Waals surface area contributed by atoms with Gasteiger partial charge in [0.05, 0.1) is 16.5 Å². The normalized spacial score (nSPS) is 14.1. The minimum absolute atomic E-state index is 0.00113. The van der Waals surface area contributed by atoms with E-state index in [4.69, 9.17) is 13.9 Å². The highest BCUT2D eigenvalue weighted by atomic mass is 16.5. The molecule has 0 unspecified atom stereocenters. The molecule has 0 N–H and O–H groups in total. The van der Waals surface area contributed by atoms with Gasteiger partial charge < -0.3 is 13.9 Å². The van der Waals surface area contributed by atoms with Crippen LogP contribution in [0.3, 0.4) is 0 Å². The van der Waals surface area contributed by atoms with Gasteiger partial charge in [0.15, 0.2) is 0 Å². The molecule has 0 spiro atoms. The predicted octanol–water partition coefficient (Wildman–Crippen LogP) is 4.35. The van der Waals surface area contributed by atoms with E-state index in [9.17, 15) is 4.79 Å². The Hall–Kier alpha value is -2.63. The van der Waals surface area contributed by atoms with Crippen LogP contribution < -0.4 is 10.2 Å². The molecule has 4 rings (SSSR count). The fourth-order valence-electron chi connectivity index (χ4n) is 3.74. The highest BCUT2D eigenvalue weighted by molar-refractivity contribution is 5.86. The number of hydrogen-bond donors (Lipinski definition) is 0. The van der Waals surface area contributed by atoms with Crippen LogP contribution in [0.5, 0.6) is 5.75 Å². The lowest BCUT2D eigenvalue weighted by Crippen LogP contribution is -2.33. The second-order valence-electron chi connectivity index (χ2n) is 7.02. The van der Waals surface area contributed by atoms with Gasteiger partial charge in [0.2, 0.25) is 5.43 Å². The molecule has 1 aliphatic rings. The minimum atomic E-state index is 0.00113. The molecule has 1 aromatic heterocycles.